The van der Waals surface area contributed by atoms with Gasteiger partial charge in [0.25, 0.3) is 5.69 Å². The second kappa shape index (κ2) is 6.53. The van der Waals surface area contributed by atoms with Gasteiger partial charge in [0, 0.05) is 6.07 Å². The van der Waals surface area contributed by atoms with E-state index in [9.17, 15) is 10.1 Å². The molecular formula is C13H12ClN3O3. The van der Waals surface area contributed by atoms with Crippen molar-refractivity contribution in [1.82, 2.24) is 0 Å². The smallest absolute Gasteiger partial charge is 0.273 e. The summed E-state index contributed by atoms with van der Waals surface area (Å²) in [5, 5.41) is 18.1. The lowest BCUT2D eigenvalue weighted by atomic mass is 10.2. The fraction of sp³-hybridized carbons (Fsp3) is 0. The summed E-state index contributed by atoms with van der Waals surface area (Å²) < 4.78 is 5.54. The van der Waals surface area contributed by atoms with Crippen molar-refractivity contribution in [2.45, 2.75) is 0 Å². The quantitative estimate of drug-likeness (QED) is 0.391. The number of nitro groups is 1. The van der Waals surface area contributed by atoms with Crippen LogP contribution in [0.1, 0.15) is 5.56 Å². The molecule has 0 atom stereocenters. The van der Waals surface area contributed by atoms with Gasteiger partial charge in [0.1, 0.15) is 17.3 Å². The molecule has 7 heteroatoms. The molecule has 0 aliphatic carbocycles. The minimum atomic E-state index is -0.496. The van der Waals surface area contributed by atoms with Crippen molar-refractivity contribution in [3.8, 4) is 11.5 Å². The van der Waals surface area contributed by atoms with Crippen molar-refractivity contribution in [3.05, 3.63) is 64.2 Å². The zero-order valence-electron chi connectivity index (χ0n) is 10.3. The number of nitro benzene ring substituents is 1. The number of hydrogen-bond acceptors (Lipinski definition) is 4. The summed E-state index contributed by atoms with van der Waals surface area (Å²) in [5.74, 6) is 0.583. The number of nitrogens with two attached hydrogens (primary N) is 1. The van der Waals surface area contributed by atoms with Crippen LogP contribution in [0.4, 0.5) is 5.69 Å². The molecule has 20 heavy (non-hydrogen) atoms. The first-order valence-electron chi connectivity index (χ1n) is 5.43. The van der Waals surface area contributed by atoms with Crippen LogP contribution in [0.25, 0.3) is 0 Å². The lowest BCUT2D eigenvalue weighted by molar-refractivity contribution is -0.384. The van der Waals surface area contributed by atoms with Crippen molar-refractivity contribution in [3.63, 3.8) is 0 Å². The minimum absolute atomic E-state index is 0. The Kier molecular flexibility index (Phi) is 5.05. The Morgan fingerprint density at radius 2 is 1.90 bits per heavy atom. The maximum absolute atomic E-state index is 10.7. The van der Waals surface area contributed by atoms with Crippen molar-refractivity contribution in [2.24, 2.45) is 5.73 Å². The third-order valence-corrected chi connectivity index (χ3v) is 2.43. The maximum atomic E-state index is 10.7. The highest BCUT2D eigenvalue weighted by molar-refractivity contribution is 5.97. The summed E-state index contributed by atoms with van der Waals surface area (Å²) in [7, 11) is 0. The fourth-order valence-corrected chi connectivity index (χ4v) is 1.57. The second-order valence-electron chi connectivity index (χ2n) is 3.77. The number of non-ortho nitro benzene ring substituents is 1. The molecular weight excluding hydrogens is 282 g/mol. The van der Waals surface area contributed by atoms with Crippen LogP contribution in [-0.2, 0) is 0 Å². The fourth-order valence-electron chi connectivity index (χ4n) is 1.57. The molecule has 0 bridgehead atoms. The summed E-state index contributed by atoms with van der Waals surface area (Å²) in [6.07, 6.45) is 0. The summed E-state index contributed by atoms with van der Waals surface area (Å²) in [4.78, 5) is 10.2. The van der Waals surface area contributed by atoms with E-state index in [1.165, 1.54) is 18.2 Å². The summed E-state index contributed by atoms with van der Waals surface area (Å²) in [5.41, 5.74) is 5.82. The van der Waals surface area contributed by atoms with Gasteiger partial charge in [-0.1, -0.05) is 18.2 Å². The molecule has 6 nitrogen and oxygen atoms in total. The molecule has 0 heterocycles. The molecule has 2 aromatic rings. The SMILES string of the molecule is Cl.N=C(N)c1ccccc1Oc1cccc([N+](=O)[O-])c1. The lowest BCUT2D eigenvalue weighted by Crippen LogP contribution is -2.12. The lowest BCUT2D eigenvalue weighted by Gasteiger charge is -2.09. The van der Waals surface area contributed by atoms with E-state index in [4.69, 9.17) is 15.9 Å². The van der Waals surface area contributed by atoms with E-state index in [0.29, 0.717) is 17.1 Å². The third kappa shape index (κ3) is 3.46. The second-order valence-corrected chi connectivity index (χ2v) is 3.77. The first-order valence-corrected chi connectivity index (χ1v) is 5.43. The highest BCUT2D eigenvalue weighted by atomic mass is 35.5. The highest BCUT2D eigenvalue weighted by Crippen LogP contribution is 2.27. The molecule has 0 aliphatic heterocycles. The zero-order chi connectivity index (χ0) is 13.8. The Morgan fingerprint density at radius 1 is 1.20 bits per heavy atom. The number of para-hydroxylation sites is 1. The molecule has 0 saturated carbocycles. The summed E-state index contributed by atoms with van der Waals surface area (Å²) in [6.45, 7) is 0. The van der Waals surface area contributed by atoms with Gasteiger partial charge in [-0.05, 0) is 18.2 Å². The third-order valence-electron chi connectivity index (χ3n) is 2.43. The number of nitrogen functional groups attached to an aromatic ring is 1. The topological polar surface area (TPSA) is 102 Å². The van der Waals surface area contributed by atoms with Gasteiger partial charge in [-0.25, -0.2) is 0 Å². The molecule has 0 saturated heterocycles. The number of hydrogen-bond donors (Lipinski definition) is 2. The van der Waals surface area contributed by atoms with Crippen LogP contribution in [0.5, 0.6) is 11.5 Å². The van der Waals surface area contributed by atoms with Crippen molar-refractivity contribution in [1.29, 1.82) is 5.41 Å². The van der Waals surface area contributed by atoms with E-state index in [-0.39, 0.29) is 23.9 Å². The number of ether oxygens (including phenoxy) is 1. The summed E-state index contributed by atoms with van der Waals surface area (Å²) in [6, 6.07) is 12.6. The van der Waals surface area contributed by atoms with Gasteiger partial charge in [0.2, 0.25) is 0 Å². The molecule has 2 rings (SSSR count). The van der Waals surface area contributed by atoms with Gasteiger partial charge in [-0.2, -0.15) is 0 Å². The maximum Gasteiger partial charge on any atom is 0.273 e. The number of rotatable bonds is 4. The van der Waals surface area contributed by atoms with Gasteiger partial charge in [-0.3, -0.25) is 15.5 Å². The van der Waals surface area contributed by atoms with E-state index in [0.717, 1.165) is 0 Å². The van der Waals surface area contributed by atoms with E-state index in [2.05, 4.69) is 0 Å². The Labute approximate surface area is 121 Å². The van der Waals surface area contributed by atoms with Gasteiger partial charge < -0.3 is 10.5 Å². The van der Waals surface area contributed by atoms with Crippen molar-refractivity contribution in [2.75, 3.05) is 0 Å². The number of nitrogens with zero attached hydrogens (tertiary/aromatic N) is 1. The molecule has 0 fully saturated rings. The van der Waals surface area contributed by atoms with Crippen LogP contribution >= 0.6 is 12.4 Å². The normalized spacial score (nSPS) is 9.40. The van der Waals surface area contributed by atoms with E-state index in [1.807, 2.05) is 0 Å². The molecule has 0 spiro atoms. The monoisotopic (exact) mass is 293 g/mol. The Balaban J connectivity index is 0.00000200. The molecule has 0 unspecified atom stereocenters. The molecule has 0 aliphatic rings. The van der Waals surface area contributed by atoms with Crippen molar-refractivity contribution >= 4 is 23.9 Å². The average Bonchev–Trinajstić information content (AvgIpc) is 2.39. The van der Waals surface area contributed by atoms with Crippen LogP contribution in [0.15, 0.2) is 48.5 Å². The Bertz CT molecular complexity index is 646. The molecule has 3 N–H and O–H groups in total. The van der Waals surface area contributed by atoms with E-state index in [1.54, 1.807) is 30.3 Å². The number of nitrogens with one attached hydrogen (secondary N) is 1. The molecule has 0 radical (unpaired) electrons. The van der Waals surface area contributed by atoms with Gasteiger partial charge >= 0.3 is 0 Å². The first-order chi connectivity index (χ1) is 9.08. The van der Waals surface area contributed by atoms with Gasteiger partial charge in [0.15, 0.2) is 0 Å². The van der Waals surface area contributed by atoms with Gasteiger partial charge in [-0.15, -0.1) is 12.4 Å². The predicted molar refractivity (Wildman–Crippen MR) is 77.9 cm³/mol. The largest absolute Gasteiger partial charge is 0.456 e. The number of benzene rings is 2. The van der Waals surface area contributed by atoms with Crippen LogP contribution in [0, 0.1) is 15.5 Å². The number of amidine groups is 1. The Hall–Kier alpha value is -2.60. The van der Waals surface area contributed by atoms with Crippen LogP contribution in [0.3, 0.4) is 0 Å². The number of halogens is 1. The molecule has 2 aromatic carbocycles. The van der Waals surface area contributed by atoms with Crippen LogP contribution in [-0.4, -0.2) is 10.8 Å². The zero-order valence-corrected chi connectivity index (χ0v) is 11.1. The summed E-state index contributed by atoms with van der Waals surface area (Å²) >= 11 is 0. The highest BCUT2D eigenvalue weighted by Gasteiger charge is 2.10. The molecule has 104 valence electrons. The van der Waals surface area contributed by atoms with Crippen molar-refractivity contribution < 1.29 is 9.66 Å². The van der Waals surface area contributed by atoms with Crippen LogP contribution in [0.2, 0.25) is 0 Å². The first kappa shape index (κ1) is 15.5. The van der Waals surface area contributed by atoms with Gasteiger partial charge in [0.05, 0.1) is 16.6 Å². The molecule has 0 aromatic heterocycles. The van der Waals surface area contributed by atoms with E-state index >= 15 is 0 Å². The van der Waals surface area contributed by atoms with E-state index < -0.39 is 4.92 Å². The molecule has 0 amide bonds. The predicted octanol–water partition coefficient (Wildman–Crippen LogP) is 3.09. The average molecular weight is 294 g/mol. The Morgan fingerprint density at radius 3 is 2.55 bits per heavy atom. The minimum Gasteiger partial charge on any atom is -0.456 e. The van der Waals surface area contributed by atoms with Crippen LogP contribution < -0.4 is 10.5 Å². The standard InChI is InChI=1S/C13H11N3O3.ClH/c14-13(15)11-6-1-2-7-12(11)19-10-5-3-4-9(8-10)16(17)18;/h1-8H,(H3,14,15);1H.